The fourth-order valence-corrected chi connectivity index (χ4v) is 3.59. The van der Waals surface area contributed by atoms with Crippen LogP contribution in [0.15, 0.2) is 47.8 Å². The van der Waals surface area contributed by atoms with E-state index in [0.717, 1.165) is 28.0 Å². The molecule has 1 amide bonds. The summed E-state index contributed by atoms with van der Waals surface area (Å²) in [7, 11) is 0. The Hall–Kier alpha value is -2.93. The Morgan fingerprint density at radius 2 is 1.76 bits per heavy atom. The Kier molecular flexibility index (Phi) is 6.49. The molecule has 0 spiro atoms. The first-order valence-corrected chi connectivity index (χ1v) is 9.84. The molecule has 0 saturated heterocycles. The lowest BCUT2D eigenvalue weighted by atomic mass is 10.1. The number of rotatable bonds is 7. The van der Waals surface area contributed by atoms with Crippen LogP contribution in [0.2, 0.25) is 0 Å². The monoisotopic (exact) mass is 417 g/mol. The van der Waals surface area contributed by atoms with Gasteiger partial charge in [-0.1, -0.05) is 23.8 Å². The number of amides is 1. The molecule has 0 unspecified atom stereocenters. The van der Waals surface area contributed by atoms with Crippen LogP contribution >= 0.6 is 11.3 Å². The van der Waals surface area contributed by atoms with Gasteiger partial charge in [-0.25, -0.2) is 0 Å². The Morgan fingerprint density at radius 1 is 1.03 bits per heavy atom. The predicted molar refractivity (Wildman–Crippen MR) is 110 cm³/mol. The molecule has 0 radical (unpaired) electrons. The van der Waals surface area contributed by atoms with Gasteiger partial charge in [-0.2, -0.15) is 8.78 Å². The van der Waals surface area contributed by atoms with Crippen LogP contribution in [0.1, 0.15) is 31.9 Å². The molecule has 3 rings (SSSR count). The molecule has 4 nitrogen and oxygen atoms in total. The van der Waals surface area contributed by atoms with Crippen molar-refractivity contribution in [3.63, 3.8) is 0 Å². The summed E-state index contributed by atoms with van der Waals surface area (Å²) >= 11 is 1.26. The lowest BCUT2D eigenvalue weighted by Gasteiger charge is -2.12. The number of anilines is 1. The number of ether oxygens (including phenoxy) is 2. The van der Waals surface area contributed by atoms with Crippen molar-refractivity contribution >= 4 is 22.9 Å². The van der Waals surface area contributed by atoms with E-state index >= 15 is 0 Å². The zero-order valence-corrected chi connectivity index (χ0v) is 17.1. The fraction of sp³-hybridized carbons (Fsp3) is 0.227. The second-order valence-corrected chi connectivity index (χ2v) is 7.62. The molecule has 0 aliphatic carbocycles. The fourth-order valence-electron chi connectivity index (χ4n) is 2.80. The van der Waals surface area contributed by atoms with E-state index < -0.39 is 12.5 Å². The maximum absolute atomic E-state index is 12.6. The molecule has 29 heavy (non-hydrogen) atoms. The minimum atomic E-state index is -2.97. The molecule has 152 valence electrons. The summed E-state index contributed by atoms with van der Waals surface area (Å²) in [6, 6.07) is 12.4. The molecule has 0 aliphatic rings. The predicted octanol–water partition coefficient (Wildman–Crippen LogP) is 6.11. The summed E-state index contributed by atoms with van der Waals surface area (Å²) < 4.78 is 35.6. The van der Waals surface area contributed by atoms with Gasteiger partial charge in [-0.05, 0) is 61.5 Å². The van der Waals surface area contributed by atoms with Gasteiger partial charge in [0.2, 0.25) is 0 Å². The third-order valence-corrected chi connectivity index (χ3v) is 5.18. The van der Waals surface area contributed by atoms with Crippen LogP contribution in [-0.4, -0.2) is 12.5 Å². The van der Waals surface area contributed by atoms with Crippen LogP contribution in [-0.2, 0) is 6.61 Å². The van der Waals surface area contributed by atoms with Crippen LogP contribution in [0, 0.1) is 20.8 Å². The third-order valence-electron chi connectivity index (χ3n) is 4.20. The van der Waals surface area contributed by atoms with Crippen molar-refractivity contribution in [2.24, 2.45) is 0 Å². The number of thiophene rings is 1. The van der Waals surface area contributed by atoms with Gasteiger partial charge >= 0.3 is 6.61 Å². The van der Waals surface area contributed by atoms with Gasteiger partial charge in [0, 0.05) is 5.56 Å². The van der Waals surface area contributed by atoms with Gasteiger partial charge in [0.1, 0.15) is 18.1 Å². The van der Waals surface area contributed by atoms with Gasteiger partial charge in [-0.15, -0.1) is 11.3 Å². The largest absolute Gasteiger partial charge is 0.489 e. The molecular formula is C22H21F2NO3S. The summed E-state index contributed by atoms with van der Waals surface area (Å²) in [4.78, 5) is 13.0. The van der Waals surface area contributed by atoms with Crippen molar-refractivity contribution in [3.05, 3.63) is 75.0 Å². The van der Waals surface area contributed by atoms with E-state index in [9.17, 15) is 13.6 Å². The summed E-state index contributed by atoms with van der Waals surface area (Å²) in [6.45, 7) is 3.12. The topological polar surface area (TPSA) is 47.6 Å². The number of halogens is 2. The second kappa shape index (κ2) is 9.05. The molecular weight excluding hydrogens is 396 g/mol. The van der Waals surface area contributed by atoms with Gasteiger partial charge in [-0.3, -0.25) is 4.79 Å². The number of hydrogen-bond acceptors (Lipinski definition) is 4. The Bertz CT molecular complexity index is 1020. The summed E-state index contributed by atoms with van der Waals surface area (Å²) in [5, 5.41) is 4.47. The number of carbonyl (C=O) groups excluding carboxylic acids is 1. The van der Waals surface area contributed by atoms with Crippen LogP contribution < -0.4 is 14.8 Å². The maximum atomic E-state index is 12.6. The average molecular weight is 417 g/mol. The summed E-state index contributed by atoms with van der Waals surface area (Å²) in [5.74, 6) is 0.334. The number of benzene rings is 2. The molecule has 0 fully saturated rings. The standard InChI is InChI=1S/C22H21F2NO3S/c1-13-5-7-18(15(3)8-13)27-11-16-10-20(29-12-16)21(26)25-17-6-4-14(2)9-19(17)28-22(23)24/h4-10,12,22H,11H2,1-3H3,(H,25,26). The van der Waals surface area contributed by atoms with E-state index in [-0.39, 0.29) is 11.4 Å². The highest BCUT2D eigenvalue weighted by molar-refractivity contribution is 7.12. The van der Waals surface area contributed by atoms with Crippen LogP contribution in [0.5, 0.6) is 11.5 Å². The second-order valence-electron chi connectivity index (χ2n) is 6.71. The van der Waals surface area contributed by atoms with Crippen LogP contribution in [0.4, 0.5) is 14.5 Å². The molecule has 2 aromatic carbocycles. The van der Waals surface area contributed by atoms with E-state index in [1.54, 1.807) is 25.1 Å². The van der Waals surface area contributed by atoms with Gasteiger partial charge in [0.25, 0.3) is 5.91 Å². The number of alkyl halides is 2. The summed E-state index contributed by atoms with van der Waals surface area (Å²) in [6.07, 6.45) is 0. The minimum absolute atomic E-state index is 0.0664. The van der Waals surface area contributed by atoms with Crippen molar-refractivity contribution in [2.75, 3.05) is 5.32 Å². The highest BCUT2D eigenvalue weighted by Crippen LogP contribution is 2.29. The van der Waals surface area contributed by atoms with Crippen molar-refractivity contribution in [1.82, 2.24) is 0 Å². The first-order valence-electron chi connectivity index (χ1n) is 8.96. The van der Waals surface area contributed by atoms with Gasteiger partial charge < -0.3 is 14.8 Å². The molecule has 0 saturated carbocycles. The van der Waals surface area contributed by atoms with Crippen LogP contribution in [0.25, 0.3) is 0 Å². The first kappa shape index (κ1) is 20.8. The average Bonchev–Trinajstić information content (AvgIpc) is 3.12. The number of carbonyl (C=O) groups is 1. The number of hydrogen-bond donors (Lipinski definition) is 1. The van der Waals surface area contributed by atoms with E-state index in [1.165, 1.54) is 17.4 Å². The molecule has 7 heteroatoms. The zero-order valence-electron chi connectivity index (χ0n) is 16.3. The van der Waals surface area contributed by atoms with E-state index in [1.807, 2.05) is 37.4 Å². The molecule has 1 heterocycles. The molecule has 0 atom stereocenters. The molecule has 1 N–H and O–H groups in total. The molecule has 0 aliphatic heterocycles. The zero-order chi connectivity index (χ0) is 21.0. The quantitative estimate of drug-likeness (QED) is 0.505. The highest BCUT2D eigenvalue weighted by Gasteiger charge is 2.15. The SMILES string of the molecule is Cc1ccc(OCc2csc(C(=O)Nc3ccc(C)cc3OC(F)F)c2)c(C)c1. The van der Waals surface area contributed by atoms with E-state index in [0.29, 0.717) is 11.5 Å². The summed E-state index contributed by atoms with van der Waals surface area (Å²) in [5.41, 5.74) is 4.01. The normalized spacial score (nSPS) is 10.8. The molecule has 3 aromatic rings. The van der Waals surface area contributed by atoms with E-state index in [2.05, 4.69) is 10.1 Å². The lowest BCUT2D eigenvalue weighted by Crippen LogP contribution is -2.13. The lowest BCUT2D eigenvalue weighted by molar-refractivity contribution is -0.0494. The Morgan fingerprint density at radius 3 is 2.48 bits per heavy atom. The van der Waals surface area contributed by atoms with Crippen LogP contribution in [0.3, 0.4) is 0 Å². The van der Waals surface area contributed by atoms with E-state index in [4.69, 9.17) is 4.74 Å². The Labute approximate surface area is 172 Å². The Balaban J connectivity index is 1.66. The van der Waals surface area contributed by atoms with Crippen molar-refractivity contribution < 1.29 is 23.0 Å². The minimum Gasteiger partial charge on any atom is -0.489 e. The number of nitrogens with one attached hydrogen (secondary N) is 1. The molecule has 1 aromatic heterocycles. The van der Waals surface area contributed by atoms with Gasteiger partial charge in [0.15, 0.2) is 0 Å². The number of aryl methyl sites for hydroxylation is 3. The first-order chi connectivity index (χ1) is 13.8. The van der Waals surface area contributed by atoms with Gasteiger partial charge in [0.05, 0.1) is 10.6 Å². The highest BCUT2D eigenvalue weighted by atomic mass is 32.1. The third kappa shape index (κ3) is 5.54. The maximum Gasteiger partial charge on any atom is 0.387 e. The molecule has 0 bridgehead atoms. The van der Waals surface area contributed by atoms with Crippen molar-refractivity contribution in [3.8, 4) is 11.5 Å². The van der Waals surface area contributed by atoms with Crippen molar-refractivity contribution in [2.45, 2.75) is 34.0 Å². The smallest absolute Gasteiger partial charge is 0.387 e. The van der Waals surface area contributed by atoms with Crippen molar-refractivity contribution in [1.29, 1.82) is 0 Å².